The monoisotopic (exact) mass is 267 g/mol. The van der Waals surface area contributed by atoms with Gasteiger partial charge in [0.1, 0.15) is 5.56 Å². The number of methoxy groups -OCH3 is 1. The normalized spacial score (nSPS) is 9.60. The van der Waals surface area contributed by atoms with Crippen LogP contribution in [0.1, 0.15) is 15.9 Å². The van der Waals surface area contributed by atoms with Gasteiger partial charge in [0.25, 0.3) is 5.91 Å². The zero-order chi connectivity index (χ0) is 14.4. The van der Waals surface area contributed by atoms with E-state index >= 15 is 0 Å². The number of hydrogen-bond donors (Lipinski definition) is 1. The zero-order valence-corrected chi connectivity index (χ0v) is 11.0. The topological polar surface area (TPSA) is 75.0 Å². The van der Waals surface area contributed by atoms with Crippen LogP contribution < -0.4 is 10.1 Å². The first-order valence-electron chi connectivity index (χ1n) is 6.01. The van der Waals surface area contributed by atoms with Gasteiger partial charge in [-0.2, -0.15) is 5.26 Å². The molecule has 0 bridgehead atoms. The van der Waals surface area contributed by atoms with Crippen LogP contribution in [0, 0.1) is 11.3 Å². The molecule has 2 aromatic rings. The average Bonchev–Trinajstić information content (AvgIpc) is 2.49. The summed E-state index contributed by atoms with van der Waals surface area (Å²) in [6.07, 6.45) is 1.91. The largest absolute Gasteiger partial charge is 0.480 e. The molecular weight excluding hydrogens is 254 g/mol. The summed E-state index contributed by atoms with van der Waals surface area (Å²) in [5.41, 5.74) is 1.93. The Hall–Kier alpha value is -2.87. The number of amides is 1. The molecule has 0 radical (unpaired) electrons. The first-order chi connectivity index (χ1) is 9.74. The van der Waals surface area contributed by atoms with Crippen LogP contribution >= 0.6 is 0 Å². The number of nitrogens with zero attached hydrogens (tertiary/aromatic N) is 2. The molecule has 2 rings (SSSR count). The smallest absolute Gasteiger partial charge is 0.261 e. The van der Waals surface area contributed by atoms with Crippen molar-refractivity contribution in [2.24, 2.45) is 0 Å². The fourth-order valence-electron chi connectivity index (χ4n) is 1.72. The molecule has 1 N–H and O–H groups in total. The van der Waals surface area contributed by atoms with Gasteiger partial charge in [0.05, 0.1) is 19.6 Å². The van der Waals surface area contributed by atoms with Gasteiger partial charge in [-0.15, -0.1) is 0 Å². The maximum atomic E-state index is 12.1. The molecule has 0 unspecified atom stereocenters. The quantitative estimate of drug-likeness (QED) is 0.923. The molecule has 0 aliphatic carbocycles. The Morgan fingerprint density at radius 2 is 2.10 bits per heavy atom. The minimum absolute atomic E-state index is 0.283. The standard InChI is InChI=1S/C15H13N3O2/c1-20-15-13(3-2-10-17-15)14(19)18-12-6-4-11(5-7-12)8-9-16/h2-7,10H,8H2,1H3,(H,18,19). The number of anilines is 1. The van der Waals surface area contributed by atoms with Crippen molar-refractivity contribution in [1.29, 1.82) is 5.26 Å². The highest BCUT2D eigenvalue weighted by Crippen LogP contribution is 2.16. The molecule has 1 heterocycles. The minimum Gasteiger partial charge on any atom is -0.480 e. The van der Waals surface area contributed by atoms with E-state index in [9.17, 15) is 4.79 Å². The number of ether oxygens (including phenoxy) is 1. The van der Waals surface area contributed by atoms with E-state index in [1.165, 1.54) is 7.11 Å². The summed E-state index contributed by atoms with van der Waals surface area (Å²) in [5.74, 6) is -0.00548. The van der Waals surface area contributed by atoms with E-state index in [-0.39, 0.29) is 11.8 Å². The van der Waals surface area contributed by atoms with E-state index in [1.54, 1.807) is 42.6 Å². The number of aromatic nitrogens is 1. The van der Waals surface area contributed by atoms with Crippen LogP contribution in [0.2, 0.25) is 0 Å². The molecule has 20 heavy (non-hydrogen) atoms. The van der Waals surface area contributed by atoms with Gasteiger partial charge in [0, 0.05) is 11.9 Å². The number of pyridine rings is 1. The molecule has 1 amide bonds. The highest BCUT2D eigenvalue weighted by molar-refractivity contribution is 6.05. The fraction of sp³-hybridized carbons (Fsp3) is 0.133. The maximum absolute atomic E-state index is 12.1. The van der Waals surface area contributed by atoms with Gasteiger partial charge >= 0.3 is 0 Å². The van der Waals surface area contributed by atoms with Gasteiger partial charge in [0.15, 0.2) is 0 Å². The predicted molar refractivity (Wildman–Crippen MR) is 74.5 cm³/mol. The minimum atomic E-state index is -0.289. The van der Waals surface area contributed by atoms with Crippen molar-refractivity contribution in [3.63, 3.8) is 0 Å². The number of carbonyl (C=O) groups is 1. The zero-order valence-electron chi connectivity index (χ0n) is 11.0. The van der Waals surface area contributed by atoms with Crippen molar-refractivity contribution in [3.05, 3.63) is 53.7 Å². The van der Waals surface area contributed by atoms with Crippen LogP contribution in [0.15, 0.2) is 42.6 Å². The van der Waals surface area contributed by atoms with Crippen LogP contribution in [0.25, 0.3) is 0 Å². The lowest BCUT2D eigenvalue weighted by atomic mass is 10.1. The Kier molecular flexibility index (Phi) is 4.30. The number of rotatable bonds is 4. The number of benzene rings is 1. The second-order valence-corrected chi connectivity index (χ2v) is 4.05. The molecular formula is C15H13N3O2. The molecule has 1 aromatic heterocycles. The molecule has 0 spiro atoms. The predicted octanol–water partition coefficient (Wildman–Crippen LogP) is 2.41. The molecule has 0 aliphatic heterocycles. The van der Waals surface area contributed by atoms with Gasteiger partial charge in [0.2, 0.25) is 5.88 Å². The molecule has 1 aromatic carbocycles. The Balaban J connectivity index is 2.13. The first-order valence-corrected chi connectivity index (χ1v) is 6.01. The van der Waals surface area contributed by atoms with Crippen molar-refractivity contribution in [2.45, 2.75) is 6.42 Å². The molecule has 0 saturated carbocycles. The molecule has 5 nitrogen and oxygen atoms in total. The SMILES string of the molecule is COc1ncccc1C(=O)Nc1ccc(CC#N)cc1. The lowest BCUT2D eigenvalue weighted by molar-refractivity contribution is 0.102. The molecule has 100 valence electrons. The summed E-state index contributed by atoms with van der Waals surface area (Å²) in [6, 6.07) is 12.5. The van der Waals surface area contributed by atoms with Gasteiger partial charge < -0.3 is 10.1 Å². The summed E-state index contributed by atoms with van der Waals surface area (Å²) in [6.45, 7) is 0. The highest BCUT2D eigenvalue weighted by atomic mass is 16.5. The van der Waals surface area contributed by atoms with Gasteiger partial charge in [-0.3, -0.25) is 4.79 Å². The van der Waals surface area contributed by atoms with E-state index in [0.29, 0.717) is 17.7 Å². The van der Waals surface area contributed by atoms with E-state index in [0.717, 1.165) is 5.56 Å². The highest BCUT2D eigenvalue weighted by Gasteiger charge is 2.12. The van der Waals surface area contributed by atoms with E-state index in [4.69, 9.17) is 10.00 Å². The Morgan fingerprint density at radius 1 is 1.35 bits per heavy atom. The summed E-state index contributed by atoms with van der Waals surface area (Å²) in [7, 11) is 1.47. The lowest BCUT2D eigenvalue weighted by Gasteiger charge is -2.08. The molecule has 0 aliphatic rings. The summed E-state index contributed by atoms with van der Waals surface area (Å²) in [4.78, 5) is 16.1. The molecule has 0 saturated heterocycles. The third-order valence-electron chi connectivity index (χ3n) is 2.70. The molecule has 0 fully saturated rings. The van der Waals surface area contributed by atoms with Crippen molar-refractivity contribution >= 4 is 11.6 Å². The van der Waals surface area contributed by atoms with E-state index in [2.05, 4.69) is 16.4 Å². The van der Waals surface area contributed by atoms with Crippen LogP contribution in [0.5, 0.6) is 5.88 Å². The van der Waals surface area contributed by atoms with Crippen LogP contribution in [-0.4, -0.2) is 18.0 Å². The third-order valence-corrected chi connectivity index (χ3v) is 2.70. The Bertz CT molecular complexity index is 645. The van der Waals surface area contributed by atoms with Crippen LogP contribution in [0.4, 0.5) is 5.69 Å². The fourth-order valence-corrected chi connectivity index (χ4v) is 1.72. The second kappa shape index (κ2) is 6.34. The molecule has 0 atom stereocenters. The van der Waals surface area contributed by atoms with Crippen molar-refractivity contribution in [3.8, 4) is 11.9 Å². The third kappa shape index (κ3) is 3.12. The second-order valence-electron chi connectivity index (χ2n) is 4.05. The lowest BCUT2D eigenvalue weighted by Crippen LogP contribution is -2.13. The Labute approximate surface area is 116 Å². The van der Waals surface area contributed by atoms with Crippen molar-refractivity contribution < 1.29 is 9.53 Å². The molecule has 5 heteroatoms. The van der Waals surface area contributed by atoms with Crippen LogP contribution in [-0.2, 0) is 6.42 Å². The summed E-state index contributed by atoms with van der Waals surface area (Å²) < 4.78 is 5.05. The number of nitriles is 1. The Morgan fingerprint density at radius 3 is 2.75 bits per heavy atom. The van der Waals surface area contributed by atoms with Crippen LogP contribution in [0.3, 0.4) is 0 Å². The maximum Gasteiger partial charge on any atom is 0.261 e. The number of carbonyl (C=O) groups excluding carboxylic acids is 1. The number of nitrogens with one attached hydrogen (secondary N) is 1. The first kappa shape index (κ1) is 13.6. The summed E-state index contributed by atoms with van der Waals surface area (Å²) >= 11 is 0. The van der Waals surface area contributed by atoms with Gasteiger partial charge in [-0.25, -0.2) is 4.98 Å². The van der Waals surface area contributed by atoms with Gasteiger partial charge in [-0.05, 0) is 29.8 Å². The van der Waals surface area contributed by atoms with Gasteiger partial charge in [-0.1, -0.05) is 12.1 Å². The van der Waals surface area contributed by atoms with Crippen molar-refractivity contribution in [1.82, 2.24) is 4.98 Å². The van der Waals surface area contributed by atoms with E-state index in [1.807, 2.05) is 0 Å². The van der Waals surface area contributed by atoms with Crippen molar-refractivity contribution in [2.75, 3.05) is 12.4 Å². The van der Waals surface area contributed by atoms with E-state index < -0.39 is 0 Å². The summed E-state index contributed by atoms with van der Waals surface area (Å²) in [5, 5.41) is 11.4. The average molecular weight is 267 g/mol. The number of hydrogen-bond acceptors (Lipinski definition) is 4.